The van der Waals surface area contributed by atoms with E-state index in [1.165, 1.54) is 30.4 Å². The van der Waals surface area contributed by atoms with Crippen LogP contribution in [0.2, 0.25) is 0 Å². The largest absolute Gasteiger partial charge is 0.571 e. The van der Waals surface area contributed by atoms with E-state index in [9.17, 15) is 96.7 Å². The molecule has 0 amide bonds. The summed E-state index contributed by atoms with van der Waals surface area (Å²) in [6.07, 6.45) is -34.4. The van der Waals surface area contributed by atoms with Crippen molar-refractivity contribution in [3.8, 4) is 40.2 Å². The molecule has 424 valence electrons. The second kappa shape index (κ2) is 24.1. The van der Waals surface area contributed by atoms with Crippen molar-refractivity contribution >= 4 is 18.1 Å². The molecule has 21 atom stereocenters. The Morgan fingerprint density at radius 3 is 1.65 bits per heavy atom. The van der Waals surface area contributed by atoms with Gasteiger partial charge < -0.3 is 139 Å². The minimum absolute atomic E-state index is 0.0571. The van der Waals surface area contributed by atoms with Gasteiger partial charge in [-0.2, -0.15) is 0 Å². The molecular formula is C48H59O29+. The Hall–Kier alpha value is -5.75. The molecule has 8 rings (SSSR count). The first kappa shape index (κ1) is 57.4. The maximum Gasteiger partial charge on any atom is 0.330 e. The molecule has 3 aromatic carbocycles. The normalized spacial score (nSPS) is 37.3. The summed E-state index contributed by atoms with van der Waals surface area (Å²) >= 11 is 0. The summed E-state index contributed by atoms with van der Waals surface area (Å²) in [5.74, 6) is -4.23. The van der Waals surface area contributed by atoms with Gasteiger partial charge in [-0.3, -0.25) is 0 Å². The third-order valence-electron chi connectivity index (χ3n) is 13.2. The summed E-state index contributed by atoms with van der Waals surface area (Å²) in [5.41, 5.74) is 0.201. The van der Waals surface area contributed by atoms with Crippen LogP contribution in [0.15, 0.2) is 60.4 Å². The van der Waals surface area contributed by atoms with Crippen LogP contribution in [0.4, 0.5) is 0 Å². The zero-order valence-electron chi connectivity index (χ0n) is 39.9. The molecular weight excluding hydrogens is 1040 g/mol. The number of phenolic OH excluding ortho intramolecular Hbond substituents is 4. The third-order valence-corrected chi connectivity index (χ3v) is 13.2. The van der Waals surface area contributed by atoms with E-state index in [0.717, 1.165) is 36.4 Å². The third kappa shape index (κ3) is 12.1. The van der Waals surface area contributed by atoms with E-state index < -0.39 is 184 Å². The van der Waals surface area contributed by atoms with Crippen molar-refractivity contribution in [1.29, 1.82) is 0 Å². The van der Waals surface area contributed by atoms with E-state index >= 15 is 0 Å². The number of fused-ring (bicyclic) bond motifs is 1. The number of hydrogen-bond donors (Lipinski definition) is 18. The molecule has 4 saturated heterocycles. The van der Waals surface area contributed by atoms with E-state index in [2.05, 4.69) is 4.74 Å². The van der Waals surface area contributed by atoms with Crippen LogP contribution in [-0.2, 0) is 38.0 Å². The van der Waals surface area contributed by atoms with Crippen LogP contribution in [0, 0.1) is 0 Å². The average Bonchev–Trinajstić information content (AvgIpc) is 3.41. The number of ether oxygens (including phenoxy) is 10. The van der Waals surface area contributed by atoms with Crippen molar-refractivity contribution < 1.29 is 144 Å². The van der Waals surface area contributed by atoms with Gasteiger partial charge in [0.2, 0.25) is 18.9 Å². The summed E-state index contributed by atoms with van der Waals surface area (Å²) in [4.78, 5) is 13.1. The van der Waals surface area contributed by atoms with Gasteiger partial charge in [-0.05, 0) is 42.0 Å². The van der Waals surface area contributed by atoms with Gasteiger partial charge in [-0.15, -0.1) is 0 Å². The van der Waals surface area contributed by atoms with Crippen molar-refractivity contribution in [1.82, 2.24) is 0 Å². The highest BCUT2D eigenvalue weighted by Crippen LogP contribution is 2.48. The zero-order valence-corrected chi connectivity index (χ0v) is 39.9. The molecule has 1 unspecified atom stereocenters. The molecule has 19 N–H and O–H groups in total. The minimum atomic E-state index is -2.14. The van der Waals surface area contributed by atoms with Crippen molar-refractivity contribution in [2.75, 3.05) is 26.4 Å². The summed E-state index contributed by atoms with van der Waals surface area (Å²) in [5, 5.41) is 189. The van der Waals surface area contributed by atoms with Gasteiger partial charge in [-0.1, -0.05) is 6.07 Å². The quantitative estimate of drug-likeness (QED) is 0.0275. The van der Waals surface area contributed by atoms with Crippen molar-refractivity contribution in [2.24, 2.45) is 0 Å². The predicted octanol–water partition coefficient (Wildman–Crippen LogP) is -5.89. The molecule has 29 nitrogen and oxygen atoms in total. The summed E-state index contributed by atoms with van der Waals surface area (Å²) in [6.45, 7) is -3.30. The number of hydrogen-bond acceptors (Lipinski definition) is 28. The van der Waals surface area contributed by atoms with E-state index in [1.807, 2.05) is 0 Å². The van der Waals surface area contributed by atoms with Gasteiger partial charge >= 0.3 is 5.97 Å². The van der Waals surface area contributed by atoms with Gasteiger partial charge in [0.15, 0.2) is 41.2 Å². The van der Waals surface area contributed by atoms with Gasteiger partial charge in [-0.25, -0.2) is 4.79 Å². The first-order valence-electron chi connectivity index (χ1n) is 23.7. The number of carbonyl (C=O) groups excluding carboxylic acids is 1. The minimum Gasteiger partial charge on any atom is -0.571 e. The predicted molar refractivity (Wildman–Crippen MR) is 248 cm³/mol. The lowest BCUT2D eigenvalue weighted by Crippen LogP contribution is -2.64. The molecule has 3 aromatic rings. The molecule has 0 saturated carbocycles. The standard InChI is InChI=1S/C48H58O29/c49-12-27-32(57)36(61)40(65)45(73-27)70-23-5-1-16(7-22(23)55)2-6-31(56)68-15-30-35(60)39(64)44(77-47-42(67)38(63)34(59)29(14-51)75-47)48(76-30)72-26-11-19-24(69-43(26)17-3-4-20(53)21(54)8-17)9-18(52)10-25(19)71-46-41(66)37(62)33(58)28(13-50)74-46/h1-11,27-30,32-55,57-67H,12-15H2/p+1/b6-2+/t27-,28-,29+,30+,32+,33+,34+,35+,36-,37-,38-,39-,40-,41-,42-,43?,44+,45+,46+,47-,48+/m0/s1. The fraction of sp³-hybridized carbons (Fsp3) is 0.521. The Labute approximate surface area is 434 Å². The number of aliphatic hydroxyl groups excluding tert-OH is 14. The highest BCUT2D eigenvalue weighted by atomic mass is 16.8. The topological polar surface area (TPSA) is 477 Å². The van der Waals surface area contributed by atoms with E-state index in [-0.39, 0.29) is 39.7 Å². The Morgan fingerprint density at radius 1 is 0.532 bits per heavy atom. The maximum absolute atomic E-state index is 13.1. The van der Waals surface area contributed by atoms with Crippen LogP contribution in [-0.4, -0.2) is 252 Å². The zero-order chi connectivity index (χ0) is 55.7. The lowest BCUT2D eigenvalue weighted by atomic mass is 9.97. The van der Waals surface area contributed by atoms with Gasteiger partial charge in [0.1, 0.15) is 115 Å². The number of carbonyl (C=O) groups is 1. The number of benzene rings is 3. The molecule has 5 aliphatic heterocycles. The van der Waals surface area contributed by atoms with Crippen LogP contribution >= 0.6 is 0 Å². The molecule has 5 aliphatic rings. The second-order valence-corrected chi connectivity index (χ2v) is 18.5. The lowest BCUT2D eigenvalue weighted by molar-refractivity contribution is -0.364. The number of aromatic hydroxyl groups is 5. The van der Waals surface area contributed by atoms with Crippen LogP contribution in [0.25, 0.3) is 12.2 Å². The van der Waals surface area contributed by atoms with Crippen LogP contribution in [0.3, 0.4) is 0 Å². The first-order chi connectivity index (χ1) is 36.6. The Morgan fingerprint density at radius 2 is 1.08 bits per heavy atom. The monoisotopic (exact) mass is 1100 g/mol. The molecule has 0 aromatic heterocycles. The van der Waals surface area contributed by atoms with Gasteiger partial charge in [0, 0.05) is 18.2 Å². The Balaban J connectivity index is 1.07. The van der Waals surface area contributed by atoms with E-state index in [0.29, 0.717) is 0 Å². The molecule has 0 radical (unpaired) electrons. The average molecular weight is 1100 g/mol. The van der Waals surface area contributed by atoms with Gasteiger partial charge in [0.25, 0.3) is 11.9 Å². The van der Waals surface area contributed by atoms with Crippen molar-refractivity contribution in [2.45, 2.75) is 129 Å². The van der Waals surface area contributed by atoms with Crippen molar-refractivity contribution in [3.05, 3.63) is 77.1 Å². The van der Waals surface area contributed by atoms with E-state index in [4.69, 9.17) is 42.6 Å². The highest BCUT2D eigenvalue weighted by Gasteiger charge is 2.53. The second-order valence-electron chi connectivity index (χ2n) is 18.5. The number of aliphatic hydroxyl groups is 15. The fourth-order valence-corrected chi connectivity index (χ4v) is 8.86. The maximum atomic E-state index is 13.1. The summed E-state index contributed by atoms with van der Waals surface area (Å²) in [6, 6.07) is 9.38. The number of rotatable bonds is 16. The fourth-order valence-electron chi connectivity index (χ4n) is 8.86. The van der Waals surface area contributed by atoms with Crippen molar-refractivity contribution in [3.63, 3.8) is 0 Å². The molecule has 77 heavy (non-hydrogen) atoms. The molecule has 0 bridgehead atoms. The summed E-state index contributed by atoms with van der Waals surface area (Å²) in [7, 11) is 0. The van der Waals surface area contributed by atoms with E-state index in [1.54, 1.807) is 0 Å². The lowest BCUT2D eigenvalue weighted by Gasteiger charge is -2.46. The number of esters is 1. The first-order valence-corrected chi connectivity index (χ1v) is 23.7. The van der Waals surface area contributed by atoms with Crippen LogP contribution in [0.1, 0.15) is 22.8 Å². The number of phenols is 4. The SMILES string of the molecule is O=C(/C=C/c1ccc(O[C@@H]2O[C@@H](CO)[C@@H](O)[C@H](O)[C@@H]2O)c(O)c1)OC[C@H]1O[C@@H](OC2=Cc3c(O[C@@H]4O[C@@H](CO)[C@@H](O)[C@H](O)[C@@H]4O)cc(O)cc3[OH+]C2c2ccc(O)c(O)c2)[C@H](O[C@@H]2O[C@H](CO)[C@@H](O)[C@H](O)[C@@H]2O)[C@@H](O)[C@@H]1O. The molecule has 5 heterocycles. The Bertz CT molecular complexity index is 2580. The smallest absolute Gasteiger partial charge is 0.330 e. The molecule has 29 heteroatoms. The van der Waals surface area contributed by atoms with Gasteiger partial charge in [0.05, 0.1) is 31.5 Å². The summed E-state index contributed by atoms with van der Waals surface area (Å²) < 4.78 is 56.1. The molecule has 0 spiro atoms. The molecule has 0 aliphatic carbocycles. The highest BCUT2D eigenvalue weighted by molar-refractivity contribution is 5.87. The Kier molecular flexibility index (Phi) is 18.0. The van der Waals surface area contributed by atoms with Crippen LogP contribution in [0.5, 0.6) is 40.2 Å². The molecule has 4 fully saturated rings. The van der Waals surface area contributed by atoms with Crippen LogP contribution < -0.4 is 9.47 Å².